The highest BCUT2D eigenvalue weighted by Gasteiger charge is 2.15. The minimum atomic E-state index is -2.15. The molecule has 0 aliphatic carbocycles. The fraction of sp³-hybridized carbons (Fsp3) is 1.00. The molecular formula is C6H12ClF2N. The quantitative estimate of drug-likeness (QED) is 0.612. The van der Waals surface area contributed by atoms with Crippen LogP contribution in [0.2, 0.25) is 0 Å². The van der Waals surface area contributed by atoms with Crippen LogP contribution in [-0.4, -0.2) is 31.0 Å². The fourth-order valence-corrected chi connectivity index (χ4v) is 1.16. The van der Waals surface area contributed by atoms with Gasteiger partial charge in [0.25, 0.3) is 6.43 Å². The average Bonchev–Trinajstić information content (AvgIpc) is 2.15. The van der Waals surface area contributed by atoms with Crippen molar-refractivity contribution < 1.29 is 8.78 Å². The number of hydrogen-bond donors (Lipinski definition) is 0. The lowest BCUT2D eigenvalue weighted by Crippen LogP contribution is -2.25. The van der Waals surface area contributed by atoms with Gasteiger partial charge in [-0.25, -0.2) is 8.78 Å². The molecule has 0 amide bonds. The van der Waals surface area contributed by atoms with Crippen molar-refractivity contribution in [3.63, 3.8) is 0 Å². The Morgan fingerprint density at radius 2 is 1.70 bits per heavy atom. The second-order valence-electron chi connectivity index (χ2n) is 2.40. The van der Waals surface area contributed by atoms with Crippen LogP contribution in [0.4, 0.5) is 8.78 Å². The van der Waals surface area contributed by atoms with Gasteiger partial charge in [-0.15, -0.1) is 12.4 Å². The van der Waals surface area contributed by atoms with Gasteiger partial charge in [-0.1, -0.05) is 0 Å². The molecule has 0 spiro atoms. The molecule has 1 nitrogen and oxygen atoms in total. The van der Waals surface area contributed by atoms with E-state index in [1.165, 1.54) is 0 Å². The van der Waals surface area contributed by atoms with Gasteiger partial charge >= 0.3 is 0 Å². The Morgan fingerprint density at radius 1 is 1.20 bits per heavy atom. The molecule has 0 unspecified atom stereocenters. The van der Waals surface area contributed by atoms with Gasteiger partial charge < -0.3 is 0 Å². The molecule has 1 rings (SSSR count). The lowest BCUT2D eigenvalue weighted by atomic mass is 10.4. The minimum absolute atomic E-state index is 0. The van der Waals surface area contributed by atoms with Gasteiger partial charge in [0.2, 0.25) is 0 Å². The zero-order valence-corrected chi connectivity index (χ0v) is 6.54. The maximum atomic E-state index is 11.6. The highest BCUT2D eigenvalue weighted by molar-refractivity contribution is 5.85. The van der Waals surface area contributed by atoms with E-state index in [1.807, 2.05) is 4.90 Å². The summed E-state index contributed by atoms with van der Waals surface area (Å²) < 4.78 is 23.3. The van der Waals surface area contributed by atoms with Gasteiger partial charge in [0.05, 0.1) is 6.54 Å². The predicted octanol–water partition coefficient (Wildman–Crippen LogP) is 1.77. The summed E-state index contributed by atoms with van der Waals surface area (Å²) >= 11 is 0. The van der Waals surface area contributed by atoms with E-state index in [-0.39, 0.29) is 19.0 Å². The molecule has 1 fully saturated rings. The monoisotopic (exact) mass is 171 g/mol. The highest BCUT2D eigenvalue weighted by Crippen LogP contribution is 2.08. The lowest BCUT2D eigenvalue weighted by Gasteiger charge is -2.12. The summed E-state index contributed by atoms with van der Waals surface area (Å²) in [5.74, 6) is 0. The van der Waals surface area contributed by atoms with Crippen molar-refractivity contribution in [2.24, 2.45) is 0 Å². The van der Waals surface area contributed by atoms with Crippen molar-refractivity contribution in [3.8, 4) is 0 Å². The second-order valence-corrected chi connectivity index (χ2v) is 2.40. The van der Waals surface area contributed by atoms with Gasteiger partial charge in [-0.05, 0) is 25.9 Å². The van der Waals surface area contributed by atoms with E-state index in [1.54, 1.807) is 0 Å². The largest absolute Gasteiger partial charge is 0.298 e. The minimum Gasteiger partial charge on any atom is -0.298 e. The number of rotatable bonds is 2. The van der Waals surface area contributed by atoms with Gasteiger partial charge in [-0.3, -0.25) is 4.90 Å². The van der Waals surface area contributed by atoms with E-state index >= 15 is 0 Å². The van der Waals surface area contributed by atoms with Crippen LogP contribution >= 0.6 is 12.4 Å². The van der Waals surface area contributed by atoms with Gasteiger partial charge in [-0.2, -0.15) is 0 Å². The van der Waals surface area contributed by atoms with E-state index in [0.29, 0.717) is 0 Å². The molecule has 4 heteroatoms. The van der Waals surface area contributed by atoms with E-state index < -0.39 is 6.43 Å². The van der Waals surface area contributed by atoms with E-state index in [9.17, 15) is 8.78 Å². The molecule has 1 aliphatic heterocycles. The normalized spacial score (nSPS) is 19.5. The van der Waals surface area contributed by atoms with Crippen molar-refractivity contribution in [1.82, 2.24) is 4.90 Å². The first-order valence-corrected chi connectivity index (χ1v) is 3.29. The molecule has 1 heterocycles. The summed E-state index contributed by atoms with van der Waals surface area (Å²) in [6.07, 6.45) is 0.0301. The van der Waals surface area contributed by atoms with Gasteiger partial charge in [0.1, 0.15) is 0 Å². The molecule has 0 aromatic carbocycles. The predicted molar refractivity (Wildman–Crippen MR) is 38.9 cm³/mol. The molecule has 0 bridgehead atoms. The second kappa shape index (κ2) is 4.85. The van der Waals surface area contributed by atoms with Crippen molar-refractivity contribution in [2.75, 3.05) is 19.6 Å². The third-order valence-electron chi connectivity index (χ3n) is 1.59. The zero-order valence-electron chi connectivity index (χ0n) is 5.72. The summed E-state index contributed by atoms with van der Waals surface area (Å²) in [7, 11) is 0. The highest BCUT2D eigenvalue weighted by atomic mass is 35.5. The van der Waals surface area contributed by atoms with Crippen LogP contribution in [0, 0.1) is 0 Å². The Morgan fingerprint density at radius 3 is 2.10 bits per heavy atom. The summed E-state index contributed by atoms with van der Waals surface area (Å²) in [6, 6.07) is 0. The Kier molecular flexibility index (Phi) is 4.91. The Hall–Kier alpha value is 0.110. The Bertz CT molecular complexity index is 83.8. The number of hydrogen-bond acceptors (Lipinski definition) is 1. The summed E-state index contributed by atoms with van der Waals surface area (Å²) in [6.45, 7) is 1.70. The number of nitrogens with zero attached hydrogens (tertiary/aromatic N) is 1. The van der Waals surface area contributed by atoms with Crippen molar-refractivity contribution in [1.29, 1.82) is 0 Å². The Labute approximate surface area is 65.8 Å². The van der Waals surface area contributed by atoms with Crippen molar-refractivity contribution >= 4 is 12.4 Å². The molecule has 10 heavy (non-hydrogen) atoms. The average molecular weight is 172 g/mol. The number of likely N-dealkylation sites (tertiary alicyclic amines) is 1. The first kappa shape index (κ1) is 10.1. The lowest BCUT2D eigenvalue weighted by molar-refractivity contribution is 0.0997. The van der Waals surface area contributed by atoms with E-state index in [2.05, 4.69) is 0 Å². The van der Waals surface area contributed by atoms with Crippen LogP contribution in [0.5, 0.6) is 0 Å². The van der Waals surface area contributed by atoms with Crippen LogP contribution in [0.25, 0.3) is 0 Å². The molecule has 62 valence electrons. The summed E-state index contributed by atoms with van der Waals surface area (Å²) in [5, 5.41) is 0. The molecule has 0 aromatic heterocycles. The van der Waals surface area contributed by atoms with Crippen LogP contribution in [-0.2, 0) is 0 Å². The standard InChI is InChI=1S/C6H11F2N.ClH/c7-6(8)5-9-3-1-2-4-9;/h6H,1-5H2;1H. The molecule has 0 aromatic rings. The summed E-state index contributed by atoms with van der Waals surface area (Å²) in [5.41, 5.74) is 0. The zero-order chi connectivity index (χ0) is 6.69. The molecule has 1 saturated heterocycles. The van der Waals surface area contributed by atoms with Crippen LogP contribution < -0.4 is 0 Å². The van der Waals surface area contributed by atoms with Crippen molar-refractivity contribution in [3.05, 3.63) is 0 Å². The first-order valence-electron chi connectivity index (χ1n) is 3.29. The van der Waals surface area contributed by atoms with Crippen LogP contribution in [0.1, 0.15) is 12.8 Å². The number of halogens is 3. The molecule has 0 N–H and O–H groups in total. The third-order valence-corrected chi connectivity index (χ3v) is 1.59. The van der Waals surface area contributed by atoms with Crippen LogP contribution in [0.3, 0.4) is 0 Å². The first-order chi connectivity index (χ1) is 4.29. The SMILES string of the molecule is Cl.FC(F)CN1CCCC1. The maximum absolute atomic E-state index is 11.6. The topological polar surface area (TPSA) is 3.24 Å². The molecule has 1 aliphatic rings. The Balaban J connectivity index is 0.000000810. The van der Waals surface area contributed by atoms with E-state index in [0.717, 1.165) is 25.9 Å². The van der Waals surface area contributed by atoms with Gasteiger partial charge in [0, 0.05) is 0 Å². The summed E-state index contributed by atoms with van der Waals surface area (Å²) in [4.78, 5) is 1.81. The molecule has 0 atom stereocenters. The molecule has 0 saturated carbocycles. The fourth-order valence-electron chi connectivity index (χ4n) is 1.16. The molecular weight excluding hydrogens is 160 g/mol. The van der Waals surface area contributed by atoms with E-state index in [4.69, 9.17) is 0 Å². The number of alkyl halides is 2. The van der Waals surface area contributed by atoms with Crippen LogP contribution in [0.15, 0.2) is 0 Å². The maximum Gasteiger partial charge on any atom is 0.251 e. The van der Waals surface area contributed by atoms with Gasteiger partial charge in [0.15, 0.2) is 0 Å². The smallest absolute Gasteiger partial charge is 0.251 e. The third kappa shape index (κ3) is 3.32. The van der Waals surface area contributed by atoms with Crippen molar-refractivity contribution in [2.45, 2.75) is 19.3 Å². The molecule has 0 radical (unpaired) electrons.